The van der Waals surface area contributed by atoms with Crippen LogP contribution in [0, 0.1) is 0 Å². The third-order valence-electron chi connectivity index (χ3n) is 4.83. The summed E-state index contributed by atoms with van der Waals surface area (Å²) in [5.74, 6) is -2.02. The zero-order valence-electron chi connectivity index (χ0n) is 18.8. The molecule has 5 amide bonds. The van der Waals surface area contributed by atoms with Gasteiger partial charge in [-0.15, -0.1) is 11.3 Å². The fourth-order valence-corrected chi connectivity index (χ4v) is 4.12. The maximum Gasteiger partial charge on any atom is 0.387 e. The van der Waals surface area contributed by atoms with Gasteiger partial charge in [0.15, 0.2) is 5.75 Å². The number of hydrogen-bond donors (Lipinski definition) is 4. The summed E-state index contributed by atoms with van der Waals surface area (Å²) in [7, 11) is 1.34. The van der Waals surface area contributed by atoms with Crippen molar-refractivity contribution in [1.82, 2.24) is 16.0 Å². The monoisotopic (exact) mass is 545 g/mol. The van der Waals surface area contributed by atoms with Crippen molar-refractivity contribution >= 4 is 58.1 Å². The quantitative estimate of drug-likeness (QED) is 0.380. The SMILES string of the molecule is CNC(=O)N[C@H](CNC(=O)c1ccc(Cl)s1)C(=O)Nc1ccc(N2CCOCC2=O)c(OC(F)F)c1. The molecule has 1 aliphatic heterocycles. The minimum absolute atomic E-state index is 0.0557. The smallest absolute Gasteiger partial charge is 0.387 e. The molecule has 11 nitrogen and oxygen atoms in total. The Morgan fingerprint density at radius 1 is 1.25 bits per heavy atom. The summed E-state index contributed by atoms with van der Waals surface area (Å²) in [6, 6.07) is 5.00. The minimum atomic E-state index is -3.19. The molecule has 1 fully saturated rings. The molecule has 0 unspecified atom stereocenters. The second-order valence-corrected chi connectivity index (χ2v) is 8.95. The molecule has 194 valence electrons. The van der Waals surface area contributed by atoms with Gasteiger partial charge in [-0.25, -0.2) is 4.79 Å². The van der Waals surface area contributed by atoms with Crippen LogP contribution in [0.15, 0.2) is 30.3 Å². The highest BCUT2D eigenvalue weighted by molar-refractivity contribution is 7.18. The lowest BCUT2D eigenvalue weighted by Crippen LogP contribution is -2.52. The largest absolute Gasteiger partial charge is 0.433 e. The van der Waals surface area contributed by atoms with Gasteiger partial charge in [-0.3, -0.25) is 14.4 Å². The number of thiophene rings is 1. The Morgan fingerprint density at radius 3 is 2.67 bits per heavy atom. The van der Waals surface area contributed by atoms with E-state index in [-0.39, 0.29) is 43.4 Å². The Labute approximate surface area is 213 Å². The standard InChI is InChI=1S/C21H22ClF2N5O6S/c1-25-21(33)28-12(9-26-19(32)15-4-5-16(22)36-15)18(31)27-11-2-3-13(14(8-11)35-20(23)24)29-6-7-34-10-17(29)30/h2-5,8,12,20H,6-7,9-10H2,1H3,(H,26,32)(H,27,31)(H2,25,28,33)/t12-/m1/s1. The highest BCUT2D eigenvalue weighted by Crippen LogP contribution is 2.33. The Morgan fingerprint density at radius 2 is 2.03 bits per heavy atom. The van der Waals surface area contributed by atoms with E-state index < -0.39 is 36.4 Å². The highest BCUT2D eigenvalue weighted by Gasteiger charge is 2.26. The number of carbonyl (C=O) groups excluding carboxylic acids is 4. The molecule has 4 N–H and O–H groups in total. The number of morpholine rings is 1. The van der Waals surface area contributed by atoms with Crippen LogP contribution in [-0.2, 0) is 14.3 Å². The minimum Gasteiger partial charge on any atom is -0.433 e. The number of hydrogen-bond acceptors (Lipinski definition) is 7. The second kappa shape index (κ2) is 12.5. The molecule has 3 rings (SSSR count). The second-order valence-electron chi connectivity index (χ2n) is 7.24. The lowest BCUT2D eigenvalue weighted by molar-refractivity contribution is -0.125. The molecule has 0 spiro atoms. The number of amides is 5. The number of ether oxygens (including phenoxy) is 2. The van der Waals surface area contributed by atoms with Crippen LogP contribution in [-0.4, -0.2) is 69.8 Å². The number of alkyl halides is 2. The summed E-state index contributed by atoms with van der Waals surface area (Å²) in [5.41, 5.74) is 0.142. The van der Waals surface area contributed by atoms with Gasteiger partial charge in [0.25, 0.3) is 11.8 Å². The van der Waals surface area contributed by atoms with Gasteiger partial charge in [0.05, 0.1) is 21.5 Å². The van der Waals surface area contributed by atoms with E-state index >= 15 is 0 Å². The van der Waals surface area contributed by atoms with Gasteiger partial charge in [-0.05, 0) is 24.3 Å². The summed E-state index contributed by atoms with van der Waals surface area (Å²) in [6.45, 7) is -3.32. The molecule has 2 heterocycles. The van der Waals surface area contributed by atoms with Crippen LogP contribution in [0.2, 0.25) is 4.34 Å². The zero-order chi connectivity index (χ0) is 26.2. The summed E-state index contributed by atoms with van der Waals surface area (Å²) in [6.07, 6.45) is 0. The first-order chi connectivity index (χ1) is 17.2. The molecule has 36 heavy (non-hydrogen) atoms. The van der Waals surface area contributed by atoms with Crippen LogP contribution < -0.4 is 30.9 Å². The first-order valence-electron chi connectivity index (χ1n) is 10.5. The molecule has 1 saturated heterocycles. The predicted octanol–water partition coefficient (Wildman–Crippen LogP) is 2.03. The number of halogens is 3. The molecule has 1 aliphatic rings. The van der Waals surface area contributed by atoms with Gasteiger partial charge in [0, 0.05) is 31.9 Å². The first-order valence-corrected chi connectivity index (χ1v) is 11.7. The van der Waals surface area contributed by atoms with Crippen molar-refractivity contribution in [1.29, 1.82) is 0 Å². The van der Waals surface area contributed by atoms with Gasteiger partial charge in [0.1, 0.15) is 12.6 Å². The topological polar surface area (TPSA) is 138 Å². The fraction of sp³-hybridized carbons (Fsp3) is 0.333. The van der Waals surface area contributed by atoms with Gasteiger partial charge < -0.3 is 35.6 Å². The average molecular weight is 546 g/mol. The third kappa shape index (κ3) is 7.26. The van der Waals surface area contributed by atoms with Crippen molar-refractivity contribution in [3.63, 3.8) is 0 Å². The molecule has 2 aromatic rings. The van der Waals surface area contributed by atoms with Crippen LogP contribution in [0.1, 0.15) is 9.67 Å². The van der Waals surface area contributed by atoms with E-state index in [4.69, 9.17) is 16.3 Å². The molecular weight excluding hydrogens is 524 g/mol. The molecule has 15 heteroatoms. The third-order valence-corrected chi connectivity index (χ3v) is 6.06. The summed E-state index contributed by atoms with van der Waals surface area (Å²) in [4.78, 5) is 50.7. The molecule has 1 atom stereocenters. The van der Waals surface area contributed by atoms with Crippen molar-refractivity contribution < 1.29 is 37.4 Å². The lowest BCUT2D eigenvalue weighted by atomic mass is 10.2. The molecule has 1 aromatic carbocycles. The number of nitrogens with one attached hydrogen (secondary N) is 4. The maximum atomic E-state index is 13.0. The summed E-state index contributed by atoms with van der Waals surface area (Å²) in [5, 5.41) is 9.73. The normalized spacial score (nSPS) is 14.2. The van der Waals surface area contributed by atoms with E-state index in [0.29, 0.717) is 9.21 Å². The van der Waals surface area contributed by atoms with Gasteiger partial charge >= 0.3 is 12.6 Å². The highest BCUT2D eigenvalue weighted by atomic mass is 35.5. The Hall–Kier alpha value is -3.49. The molecule has 0 aliphatic carbocycles. The number of rotatable bonds is 9. The van der Waals surface area contributed by atoms with Crippen LogP contribution in [0.4, 0.5) is 25.0 Å². The van der Waals surface area contributed by atoms with Crippen molar-refractivity contribution in [3.8, 4) is 5.75 Å². The van der Waals surface area contributed by atoms with Crippen LogP contribution in [0.3, 0.4) is 0 Å². The predicted molar refractivity (Wildman–Crippen MR) is 128 cm³/mol. The average Bonchev–Trinajstić information content (AvgIpc) is 3.28. The number of urea groups is 1. The maximum absolute atomic E-state index is 13.0. The number of anilines is 2. The van der Waals surface area contributed by atoms with Crippen LogP contribution >= 0.6 is 22.9 Å². The van der Waals surface area contributed by atoms with Gasteiger partial charge in [0.2, 0.25) is 5.91 Å². The number of benzene rings is 1. The first kappa shape index (κ1) is 27.1. The van der Waals surface area contributed by atoms with Crippen LogP contribution in [0.5, 0.6) is 5.75 Å². The fourth-order valence-electron chi connectivity index (χ4n) is 3.17. The van der Waals surface area contributed by atoms with E-state index in [1.54, 1.807) is 6.07 Å². The summed E-state index contributed by atoms with van der Waals surface area (Å²) >= 11 is 6.87. The summed E-state index contributed by atoms with van der Waals surface area (Å²) < 4.78 is 36.1. The Bertz CT molecular complexity index is 1130. The molecule has 0 radical (unpaired) electrons. The molecule has 0 saturated carbocycles. The van der Waals surface area contributed by atoms with Crippen molar-refractivity contribution in [3.05, 3.63) is 39.5 Å². The zero-order valence-corrected chi connectivity index (χ0v) is 20.4. The van der Waals surface area contributed by atoms with E-state index in [9.17, 15) is 28.0 Å². The van der Waals surface area contributed by atoms with E-state index in [0.717, 1.165) is 17.4 Å². The van der Waals surface area contributed by atoms with Crippen molar-refractivity contribution in [2.45, 2.75) is 12.7 Å². The van der Waals surface area contributed by atoms with E-state index in [1.807, 2.05) is 0 Å². The number of carbonyl (C=O) groups is 4. The molecule has 0 bridgehead atoms. The molecule has 1 aromatic heterocycles. The van der Waals surface area contributed by atoms with Crippen molar-refractivity contribution in [2.75, 3.05) is 43.6 Å². The Kier molecular flexibility index (Phi) is 9.38. The number of nitrogens with zero attached hydrogens (tertiary/aromatic N) is 1. The molecular formula is C21H22ClF2N5O6S. The Balaban J connectivity index is 1.76. The van der Waals surface area contributed by atoms with Gasteiger partial charge in [-0.2, -0.15) is 8.78 Å². The van der Waals surface area contributed by atoms with Crippen molar-refractivity contribution in [2.24, 2.45) is 0 Å². The van der Waals surface area contributed by atoms with E-state index in [1.165, 1.54) is 30.1 Å². The lowest BCUT2D eigenvalue weighted by Gasteiger charge is -2.28. The van der Waals surface area contributed by atoms with Crippen LogP contribution in [0.25, 0.3) is 0 Å². The van der Waals surface area contributed by atoms with E-state index in [2.05, 4.69) is 26.0 Å². The van der Waals surface area contributed by atoms with Gasteiger partial charge in [-0.1, -0.05) is 11.6 Å².